The van der Waals surface area contributed by atoms with Crippen LogP contribution in [0.15, 0.2) is 24.3 Å². The minimum atomic E-state index is -0.553. The molecule has 128 valence electrons. The summed E-state index contributed by atoms with van der Waals surface area (Å²) < 4.78 is 10.7. The molecule has 5 heteroatoms. The molecule has 1 N–H and O–H groups in total. The Kier molecular flexibility index (Phi) is 7.07. The molecule has 0 aliphatic carbocycles. The number of benzene rings is 1. The molecule has 5 nitrogen and oxygen atoms in total. The summed E-state index contributed by atoms with van der Waals surface area (Å²) in [7, 11) is 0. The van der Waals surface area contributed by atoms with E-state index in [-0.39, 0.29) is 18.2 Å². The van der Waals surface area contributed by atoms with E-state index in [0.29, 0.717) is 12.2 Å². The highest BCUT2D eigenvalue weighted by molar-refractivity contribution is 5.96. The van der Waals surface area contributed by atoms with Crippen LogP contribution in [0.25, 0.3) is 0 Å². The van der Waals surface area contributed by atoms with Gasteiger partial charge in [-0.05, 0) is 58.4 Å². The molecular formula is C18H27NO4. The Hall–Kier alpha value is -2.04. The molecule has 0 bridgehead atoms. The third-order valence-corrected chi connectivity index (χ3v) is 2.90. The third kappa shape index (κ3) is 7.68. The topological polar surface area (TPSA) is 64.6 Å². The Morgan fingerprint density at radius 1 is 1.17 bits per heavy atom. The van der Waals surface area contributed by atoms with E-state index in [2.05, 4.69) is 5.32 Å². The van der Waals surface area contributed by atoms with Crippen LogP contribution in [0.4, 0.5) is 4.79 Å². The van der Waals surface area contributed by atoms with Crippen molar-refractivity contribution < 1.29 is 19.1 Å². The fraction of sp³-hybridized carbons (Fsp3) is 0.556. The zero-order chi connectivity index (χ0) is 17.5. The van der Waals surface area contributed by atoms with Gasteiger partial charge in [0, 0.05) is 18.0 Å². The molecule has 0 spiro atoms. The molecule has 23 heavy (non-hydrogen) atoms. The van der Waals surface area contributed by atoms with E-state index in [0.717, 1.165) is 12.2 Å². The van der Waals surface area contributed by atoms with Crippen molar-refractivity contribution in [1.82, 2.24) is 5.32 Å². The zero-order valence-electron chi connectivity index (χ0n) is 14.6. The highest BCUT2D eigenvalue weighted by Crippen LogP contribution is 2.14. The van der Waals surface area contributed by atoms with Crippen LogP contribution in [0.1, 0.15) is 57.8 Å². The molecule has 0 radical (unpaired) electrons. The van der Waals surface area contributed by atoms with Crippen LogP contribution in [-0.4, -0.2) is 30.1 Å². The molecule has 0 saturated heterocycles. The second kappa shape index (κ2) is 8.56. The van der Waals surface area contributed by atoms with Gasteiger partial charge in [-0.1, -0.05) is 6.92 Å². The first-order chi connectivity index (χ1) is 10.7. The molecule has 1 amide bonds. The number of ether oxygens (including phenoxy) is 2. The zero-order valence-corrected chi connectivity index (χ0v) is 14.6. The van der Waals surface area contributed by atoms with Gasteiger partial charge < -0.3 is 14.8 Å². The van der Waals surface area contributed by atoms with Crippen molar-refractivity contribution >= 4 is 11.9 Å². The average molecular weight is 321 g/mol. The van der Waals surface area contributed by atoms with Crippen LogP contribution < -0.4 is 10.1 Å². The predicted octanol–water partition coefficient (Wildman–Crippen LogP) is 3.96. The molecule has 0 aromatic heterocycles. The van der Waals surface area contributed by atoms with Crippen LogP contribution >= 0.6 is 0 Å². The molecule has 1 atom stereocenters. The van der Waals surface area contributed by atoms with Crippen molar-refractivity contribution in [1.29, 1.82) is 0 Å². The Balaban J connectivity index is 2.50. The first-order valence-corrected chi connectivity index (χ1v) is 7.97. The van der Waals surface area contributed by atoms with E-state index < -0.39 is 11.7 Å². The Labute approximate surface area is 138 Å². The maximum Gasteiger partial charge on any atom is 0.407 e. The lowest BCUT2D eigenvalue weighted by Gasteiger charge is -2.21. The van der Waals surface area contributed by atoms with Crippen molar-refractivity contribution in [3.8, 4) is 5.75 Å². The normalized spacial score (nSPS) is 12.4. The van der Waals surface area contributed by atoms with Gasteiger partial charge in [-0.2, -0.15) is 0 Å². The number of carbonyl (C=O) groups excluding carboxylic acids is 2. The predicted molar refractivity (Wildman–Crippen MR) is 90.0 cm³/mol. The number of hydrogen-bond donors (Lipinski definition) is 1. The summed E-state index contributed by atoms with van der Waals surface area (Å²) in [4.78, 5) is 23.9. The number of ketones is 1. The molecule has 0 aliphatic heterocycles. The van der Waals surface area contributed by atoms with Gasteiger partial charge in [0.15, 0.2) is 5.78 Å². The number of rotatable bonds is 7. The van der Waals surface area contributed by atoms with Gasteiger partial charge >= 0.3 is 6.09 Å². The number of amides is 1. The molecule has 0 fully saturated rings. The van der Waals surface area contributed by atoms with Crippen LogP contribution in [0.5, 0.6) is 5.75 Å². The maximum atomic E-state index is 12.2. The van der Waals surface area contributed by atoms with Gasteiger partial charge in [0.25, 0.3) is 0 Å². The fourth-order valence-corrected chi connectivity index (χ4v) is 1.91. The van der Waals surface area contributed by atoms with Gasteiger partial charge in [-0.3, -0.25) is 4.79 Å². The summed E-state index contributed by atoms with van der Waals surface area (Å²) in [5, 5.41) is 2.67. The smallest absolute Gasteiger partial charge is 0.407 e. The van der Waals surface area contributed by atoms with E-state index >= 15 is 0 Å². The molecule has 1 unspecified atom stereocenters. The summed E-state index contributed by atoms with van der Waals surface area (Å²) in [6.45, 7) is 9.86. The molecule has 1 aromatic rings. The monoisotopic (exact) mass is 321 g/mol. The molecule has 0 heterocycles. The average Bonchev–Trinajstić information content (AvgIpc) is 2.43. The first-order valence-electron chi connectivity index (χ1n) is 7.97. The summed E-state index contributed by atoms with van der Waals surface area (Å²) in [5.74, 6) is 0.721. The second-order valence-electron chi connectivity index (χ2n) is 6.55. The van der Waals surface area contributed by atoms with Crippen molar-refractivity contribution in [3.05, 3.63) is 29.8 Å². The highest BCUT2D eigenvalue weighted by atomic mass is 16.6. The lowest BCUT2D eigenvalue weighted by Crippen LogP contribution is -2.38. The largest absolute Gasteiger partial charge is 0.494 e. The van der Waals surface area contributed by atoms with Gasteiger partial charge in [0.05, 0.1) is 6.61 Å². The Morgan fingerprint density at radius 2 is 1.78 bits per heavy atom. The summed E-state index contributed by atoms with van der Waals surface area (Å²) >= 11 is 0. The number of nitrogens with one attached hydrogen (secondary N) is 1. The van der Waals surface area contributed by atoms with Gasteiger partial charge in [0.2, 0.25) is 0 Å². The van der Waals surface area contributed by atoms with Crippen molar-refractivity contribution in [2.75, 3.05) is 6.61 Å². The van der Waals surface area contributed by atoms with Crippen LogP contribution in [-0.2, 0) is 4.74 Å². The van der Waals surface area contributed by atoms with Crippen molar-refractivity contribution in [3.63, 3.8) is 0 Å². The van der Waals surface area contributed by atoms with Gasteiger partial charge in [0.1, 0.15) is 11.4 Å². The number of Topliss-reactive ketones (excluding diaryl/α,β-unsaturated/α-hetero) is 1. The SMILES string of the molecule is CCCOc1ccc(C(=O)CC(C)NC(=O)OC(C)(C)C)cc1. The van der Waals surface area contributed by atoms with Gasteiger partial charge in [-0.15, -0.1) is 0 Å². The van der Waals surface area contributed by atoms with E-state index in [9.17, 15) is 9.59 Å². The Bertz CT molecular complexity index is 517. The van der Waals surface area contributed by atoms with E-state index in [1.807, 2.05) is 6.92 Å². The van der Waals surface area contributed by atoms with E-state index in [4.69, 9.17) is 9.47 Å². The molecular weight excluding hydrogens is 294 g/mol. The first kappa shape index (κ1) is 19.0. The number of carbonyl (C=O) groups is 2. The van der Waals surface area contributed by atoms with Crippen molar-refractivity contribution in [2.45, 2.75) is 59.1 Å². The maximum absolute atomic E-state index is 12.2. The summed E-state index contributed by atoms with van der Waals surface area (Å²) in [6, 6.07) is 6.76. The summed E-state index contributed by atoms with van der Waals surface area (Å²) in [5.41, 5.74) is 0.0500. The van der Waals surface area contributed by atoms with Crippen LogP contribution in [0.3, 0.4) is 0 Å². The van der Waals surface area contributed by atoms with Crippen LogP contribution in [0, 0.1) is 0 Å². The molecule has 0 saturated carbocycles. The van der Waals surface area contributed by atoms with Gasteiger partial charge in [-0.25, -0.2) is 4.79 Å². The molecule has 1 aromatic carbocycles. The Morgan fingerprint density at radius 3 is 2.30 bits per heavy atom. The minimum absolute atomic E-state index is 0.0319. The van der Waals surface area contributed by atoms with Crippen molar-refractivity contribution in [2.24, 2.45) is 0 Å². The van der Waals surface area contributed by atoms with E-state index in [1.165, 1.54) is 0 Å². The molecule has 0 aliphatic rings. The highest BCUT2D eigenvalue weighted by Gasteiger charge is 2.19. The van der Waals surface area contributed by atoms with E-state index in [1.54, 1.807) is 52.0 Å². The standard InChI is InChI=1S/C18H27NO4/c1-6-11-22-15-9-7-14(8-10-15)16(20)12-13(2)19-17(21)23-18(3,4)5/h7-10,13H,6,11-12H2,1-5H3,(H,19,21). The lowest BCUT2D eigenvalue weighted by atomic mass is 10.0. The summed E-state index contributed by atoms with van der Waals surface area (Å²) in [6.07, 6.45) is 0.643. The fourth-order valence-electron chi connectivity index (χ4n) is 1.91. The molecule has 1 rings (SSSR count). The minimum Gasteiger partial charge on any atom is -0.494 e. The third-order valence-electron chi connectivity index (χ3n) is 2.90. The lowest BCUT2D eigenvalue weighted by molar-refractivity contribution is 0.0506. The quantitative estimate of drug-likeness (QED) is 0.772. The number of hydrogen-bond acceptors (Lipinski definition) is 4. The number of alkyl carbamates (subject to hydrolysis) is 1. The second-order valence-corrected chi connectivity index (χ2v) is 6.55. The van der Waals surface area contributed by atoms with Crippen LogP contribution in [0.2, 0.25) is 0 Å².